The minimum absolute atomic E-state index is 0.304. The van der Waals surface area contributed by atoms with Gasteiger partial charge in [0.1, 0.15) is 5.84 Å². The topological polar surface area (TPSA) is 73.7 Å². The summed E-state index contributed by atoms with van der Waals surface area (Å²) in [6, 6.07) is 15.0. The lowest BCUT2D eigenvalue weighted by atomic mass is 10.1. The zero-order valence-corrected chi connectivity index (χ0v) is 12.0. The van der Waals surface area contributed by atoms with E-state index in [2.05, 4.69) is 15.6 Å². The first kappa shape index (κ1) is 14.1. The second-order valence-corrected chi connectivity index (χ2v) is 5.09. The molecule has 3 rings (SSSR count). The number of hydrogen-bond acceptors (Lipinski definition) is 4. The Morgan fingerprint density at radius 3 is 2.45 bits per heavy atom. The summed E-state index contributed by atoms with van der Waals surface area (Å²) < 4.78 is 0. The number of anilines is 1. The molecular formula is C17H17N3O2. The third-order valence-electron chi connectivity index (χ3n) is 3.53. The van der Waals surface area contributed by atoms with Crippen molar-refractivity contribution in [1.29, 1.82) is 0 Å². The average Bonchev–Trinajstić information content (AvgIpc) is 3.08. The SMILES string of the molecule is O=C(O)c1ccc(CNc2ccc(C3=NCCN3)cc2)cc1. The Bertz CT molecular complexity index is 691. The predicted octanol–water partition coefficient (Wildman–Crippen LogP) is 2.35. The molecule has 0 atom stereocenters. The highest BCUT2D eigenvalue weighted by molar-refractivity contribution is 5.99. The molecule has 1 aliphatic rings. The fourth-order valence-corrected chi connectivity index (χ4v) is 2.31. The number of aromatic carboxylic acids is 1. The summed E-state index contributed by atoms with van der Waals surface area (Å²) in [7, 11) is 0. The van der Waals surface area contributed by atoms with E-state index in [-0.39, 0.29) is 0 Å². The van der Waals surface area contributed by atoms with E-state index < -0.39 is 5.97 Å². The first-order chi connectivity index (χ1) is 10.7. The van der Waals surface area contributed by atoms with Gasteiger partial charge in [0.15, 0.2) is 0 Å². The Kier molecular flexibility index (Phi) is 4.05. The van der Waals surface area contributed by atoms with Crippen LogP contribution in [0.2, 0.25) is 0 Å². The fourth-order valence-electron chi connectivity index (χ4n) is 2.31. The summed E-state index contributed by atoms with van der Waals surface area (Å²) >= 11 is 0. The number of carbonyl (C=O) groups is 1. The third kappa shape index (κ3) is 3.25. The van der Waals surface area contributed by atoms with Gasteiger partial charge in [-0.3, -0.25) is 4.99 Å². The minimum Gasteiger partial charge on any atom is -0.478 e. The minimum atomic E-state index is -0.904. The van der Waals surface area contributed by atoms with Crippen LogP contribution in [-0.4, -0.2) is 30.0 Å². The zero-order chi connectivity index (χ0) is 15.4. The molecular weight excluding hydrogens is 278 g/mol. The summed E-state index contributed by atoms with van der Waals surface area (Å²) in [5, 5.41) is 15.4. The monoisotopic (exact) mass is 295 g/mol. The molecule has 22 heavy (non-hydrogen) atoms. The van der Waals surface area contributed by atoms with E-state index in [1.165, 1.54) is 0 Å². The summed E-state index contributed by atoms with van der Waals surface area (Å²) in [4.78, 5) is 15.2. The maximum atomic E-state index is 10.8. The highest BCUT2D eigenvalue weighted by Gasteiger charge is 2.07. The highest BCUT2D eigenvalue weighted by atomic mass is 16.4. The van der Waals surface area contributed by atoms with Crippen LogP contribution in [0.5, 0.6) is 0 Å². The molecule has 112 valence electrons. The number of carboxylic acids is 1. The van der Waals surface area contributed by atoms with E-state index in [0.29, 0.717) is 12.1 Å². The summed E-state index contributed by atoms with van der Waals surface area (Å²) in [6.45, 7) is 2.39. The lowest BCUT2D eigenvalue weighted by Gasteiger charge is -2.08. The number of benzene rings is 2. The van der Waals surface area contributed by atoms with Crippen molar-refractivity contribution >= 4 is 17.5 Å². The van der Waals surface area contributed by atoms with E-state index in [0.717, 1.165) is 35.7 Å². The number of hydrogen-bond donors (Lipinski definition) is 3. The Morgan fingerprint density at radius 2 is 1.86 bits per heavy atom. The van der Waals surface area contributed by atoms with Gasteiger partial charge in [0.25, 0.3) is 0 Å². The van der Waals surface area contributed by atoms with Crippen molar-refractivity contribution in [3.63, 3.8) is 0 Å². The normalized spacial score (nSPS) is 13.4. The van der Waals surface area contributed by atoms with E-state index in [1.807, 2.05) is 36.4 Å². The number of carboxylic acid groups (broad SMARTS) is 1. The molecule has 0 aromatic heterocycles. The first-order valence-electron chi connectivity index (χ1n) is 7.17. The molecule has 1 heterocycles. The number of amidine groups is 1. The Balaban J connectivity index is 1.60. The van der Waals surface area contributed by atoms with Crippen LogP contribution in [0.25, 0.3) is 0 Å². The first-order valence-corrected chi connectivity index (χ1v) is 7.17. The lowest BCUT2D eigenvalue weighted by molar-refractivity contribution is 0.0697. The second kappa shape index (κ2) is 6.30. The van der Waals surface area contributed by atoms with Crippen molar-refractivity contribution in [1.82, 2.24) is 5.32 Å². The smallest absolute Gasteiger partial charge is 0.335 e. The van der Waals surface area contributed by atoms with Gasteiger partial charge >= 0.3 is 5.97 Å². The molecule has 0 saturated heterocycles. The standard InChI is InChI=1S/C17H17N3O2/c21-17(22)14-3-1-12(2-4-14)11-20-15-7-5-13(6-8-15)16-18-9-10-19-16/h1-8,20H,9-11H2,(H,18,19)(H,21,22). The summed E-state index contributed by atoms with van der Waals surface area (Å²) in [5.74, 6) is 0.0503. The van der Waals surface area contributed by atoms with Crippen molar-refractivity contribution in [2.24, 2.45) is 4.99 Å². The maximum Gasteiger partial charge on any atom is 0.335 e. The number of aliphatic imine (C=N–C) groups is 1. The van der Waals surface area contributed by atoms with Crippen molar-refractivity contribution in [3.8, 4) is 0 Å². The van der Waals surface area contributed by atoms with Gasteiger partial charge in [0.05, 0.1) is 12.1 Å². The third-order valence-corrected chi connectivity index (χ3v) is 3.53. The van der Waals surface area contributed by atoms with Gasteiger partial charge in [-0.25, -0.2) is 4.79 Å². The molecule has 0 fully saturated rings. The van der Waals surface area contributed by atoms with Gasteiger partial charge < -0.3 is 15.7 Å². The molecule has 5 nitrogen and oxygen atoms in total. The fraction of sp³-hybridized carbons (Fsp3) is 0.176. The molecule has 0 bridgehead atoms. The zero-order valence-electron chi connectivity index (χ0n) is 12.0. The Hall–Kier alpha value is -2.82. The van der Waals surface area contributed by atoms with E-state index in [4.69, 9.17) is 5.11 Å². The van der Waals surface area contributed by atoms with Gasteiger partial charge in [-0.15, -0.1) is 0 Å². The van der Waals surface area contributed by atoms with Crippen LogP contribution < -0.4 is 10.6 Å². The Morgan fingerprint density at radius 1 is 1.14 bits per heavy atom. The molecule has 0 unspecified atom stereocenters. The van der Waals surface area contributed by atoms with Crippen LogP contribution in [0.15, 0.2) is 53.5 Å². The van der Waals surface area contributed by atoms with Gasteiger partial charge in [0.2, 0.25) is 0 Å². The molecule has 0 saturated carbocycles. The highest BCUT2D eigenvalue weighted by Crippen LogP contribution is 2.13. The quantitative estimate of drug-likeness (QED) is 0.791. The molecule has 1 aliphatic heterocycles. The van der Waals surface area contributed by atoms with Gasteiger partial charge in [-0.2, -0.15) is 0 Å². The lowest BCUT2D eigenvalue weighted by Crippen LogP contribution is -2.19. The largest absolute Gasteiger partial charge is 0.478 e. The molecule has 3 N–H and O–H groups in total. The van der Waals surface area contributed by atoms with Crippen molar-refractivity contribution in [2.75, 3.05) is 18.4 Å². The number of rotatable bonds is 5. The average molecular weight is 295 g/mol. The number of nitrogens with one attached hydrogen (secondary N) is 2. The molecule has 0 amide bonds. The molecule has 0 aliphatic carbocycles. The van der Waals surface area contributed by atoms with E-state index in [9.17, 15) is 4.79 Å². The van der Waals surface area contributed by atoms with Crippen molar-refractivity contribution < 1.29 is 9.90 Å². The molecule has 2 aromatic carbocycles. The molecule has 0 radical (unpaired) electrons. The van der Waals surface area contributed by atoms with Crippen molar-refractivity contribution in [2.45, 2.75) is 6.54 Å². The molecule has 0 spiro atoms. The van der Waals surface area contributed by atoms with Gasteiger partial charge in [0, 0.05) is 24.3 Å². The Labute approximate surface area is 128 Å². The van der Waals surface area contributed by atoms with E-state index in [1.54, 1.807) is 12.1 Å². The van der Waals surface area contributed by atoms with Crippen LogP contribution in [0, 0.1) is 0 Å². The second-order valence-electron chi connectivity index (χ2n) is 5.09. The van der Waals surface area contributed by atoms with Crippen LogP contribution in [0.4, 0.5) is 5.69 Å². The van der Waals surface area contributed by atoms with Crippen LogP contribution in [0.1, 0.15) is 21.5 Å². The predicted molar refractivity (Wildman–Crippen MR) is 86.6 cm³/mol. The van der Waals surface area contributed by atoms with Crippen LogP contribution in [0.3, 0.4) is 0 Å². The van der Waals surface area contributed by atoms with Crippen molar-refractivity contribution in [3.05, 3.63) is 65.2 Å². The van der Waals surface area contributed by atoms with Crippen LogP contribution in [-0.2, 0) is 6.54 Å². The maximum absolute atomic E-state index is 10.8. The number of nitrogens with zero attached hydrogens (tertiary/aromatic N) is 1. The van der Waals surface area contributed by atoms with Gasteiger partial charge in [-0.05, 0) is 42.0 Å². The molecule has 2 aromatic rings. The summed E-state index contributed by atoms with van der Waals surface area (Å²) in [6.07, 6.45) is 0. The van der Waals surface area contributed by atoms with Gasteiger partial charge in [-0.1, -0.05) is 12.1 Å². The van der Waals surface area contributed by atoms with Crippen LogP contribution >= 0.6 is 0 Å². The summed E-state index contributed by atoms with van der Waals surface area (Å²) in [5.41, 5.74) is 3.45. The van der Waals surface area contributed by atoms with E-state index >= 15 is 0 Å². The molecule has 5 heteroatoms.